The Kier molecular flexibility index (Phi) is 3.43. The van der Waals surface area contributed by atoms with Gasteiger partial charge in [0.05, 0.1) is 12.1 Å². The summed E-state index contributed by atoms with van der Waals surface area (Å²) in [5, 5.41) is 2.34. The highest BCUT2D eigenvalue weighted by molar-refractivity contribution is 5.68. The second-order valence-electron chi connectivity index (χ2n) is 5.97. The first-order valence-electron chi connectivity index (χ1n) is 6.46. The summed E-state index contributed by atoms with van der Waals surface area (Å²) in [6, 6.07) is 0. The zero-order valence-electron chi connectivity index (χ0n) is 11.8. The van der Waals surface area contributed by atoms with Gasteiger partial charge in [-0.1, -0.05) is 6.92 Å². The standard InChI is InChI=1S/C13H20N2O4/c1-8-5-6-15(12(17)18-13(2,3)4)7-9-10(8)19-14-11(9)16/h8H,5-7H2,1-4H3,(H,14,16). The third-order valence-corrected chi connectivity index (χ3v) is 3.11. The van der Waals surface area contributed by atoms with Gasteiger partial charge < -0.3 is 14.2 Å². The average Bonchev–Trinajstić information content (AvgIpc) is 2.53. The van der Waals surface area contributed by atoms with Crippen LogP contribution < -0.4 is 5.56 Å². The number of carbonyl (C=O) groups excluding carboxylic acids is 1. The molecule has 6 nitrogen and oxygen atoms in total. The fourth-order valence-electron chi connectivity index (χ4n) is 2.12. The largest absolute Gasteiger partial charge is 0.444 e. The second-order valence-corrected chi connectivity index (χ2v) is 5.97. The van der Waals surface area contributed by atoms with Gasteiger partial charge in [-0.15, -0.1) is 0 Å². The van der Waals surface area contributed by atoms with Crippen LogP contribution in [0, 0.1) is 0 Å². The molecule has 0 spiro atoms. The first-order chi connectivity index (χ1) is 8.78. The Labute approximate surface area is 111 Å². The molecule has 1 N–H and O–H groups in total. The number of hydrogen-bond donors (Lipinski definition) is 1. The molecule has 0 aromatic carbocycles. The topological polar surface area (TPSA) is 75.5 Å². The Morgan fingerprint density at radius 2 is 2.16 bits per heavy atom. The number of hydrogen-bond acceptors (Lipinski definition) is 4. The lowest BCUT2D eigenvalue weighted by Gasteiger charge is -2.26. The summed E-state index contributed by atoms with van der Waals surface area (Å²) in [6.07, 6.45) is 0.348. The number of ether oxygens (including phenoxy) is 1. The molecule has 0 radical (unpaired) electrons. The van der Waals surface area contributed by atoms with E-state index < -0.39 is 11.7 Å². The molecular formula is C13H20N2O4. The number of amides is 1. The van der Waals surface area contributed by atoms with E-state index in [4.69, 9.17) is 9.26 Å². The molecule has 0 aliphatic carbocycles. The number of aromatic nitrogens is 1. The molecule has 106 valence electrons. The highest BCUT2D eigenvalue weighted by Gasteiger charge is 2.30. The molecule has 1 amide bonds. The van der Waals surface area contributed by atoms with Crippen LogP contribution in [0.25, 0.3) is 0 Å². The summed E-state index contributed by atoms with van der Waals surface area (Å²) in [6.45, 7) is 8.23. The summed E-state index contributed by atoms with van der Waals surface area (Å²) in [4.78, 5) is 25.3. The quantitative estimate of drug-likeness (QED) is 0.782. The van der Waals surface area contributed by atoms with Gasteiger partial charge in [-0.05, 0) is 27.2 Å². The molecule has 2 rings (SSSR count). The molecule has 6 heteroatoms. The number of rotatable bonds is 0. The van der Waals surface area contributed by atoms with Gasteiger partial charge in [0.25, 0.3) is 5.56 Å². The third-order valence-electron chi connectivity index (χ3n) is 3.11. The summed E-state index contributed by atoms with van der Waals surface area (Å²) in [5.41, 5.74) is -0.283. The lowest BCUT2D eigenvalue weighted by molar-refractivity contribution is 0.0234. The van der Waals surface area contributed by atoms with Crippen LogP contribution in [0.15, 0.2) is 9.32 Å². The van der Waals surface area contributed by atoms with Gasteiger partial charge in [0.1, 0.15) is 11.4 Å². The lowest BCUT2D eigenvalue weighted by atomic mass is 10.0. The van der Waals surface area contributed by atoms with Gasteiger partial charge in [0, 0.05) is 12.5 Å². The van der Waals surface area contributed by atoms with Gasteiger partial charge >= 0.3 is 6.09 Å². The Hall–Kier alpha value is -1.72. The molecule has 2 heterocycles. The van der Waals surface area contributed by atoms with Crippen molar-refractivity contribution in [3.05, 3.63) is 21.7 Å². The highest BCUT2D eigenvalue weighted by Crippen LogP contribution is 2.26. The van der Waals surface area contributed by atoms with E-state index >= 15 is 0 Å². The molecule has 1 aliphatic heterocycles. The van der Waals surface area contributed by atoms with Crippen molar-refractivity contribution in [3.8, 4) is 0 Å². The van der Waals surface area contributed by atoms with Crippen LogP contribution in [0.2, 0.25) is 0 Å². The number of aromatic amines is 1. The fraction of sp³-hybridized carbons (Fsp3) is 0.692. The number of H-pyrrole nitrogens is 1. The molecule has 1 unspecified atom stereocenters. The number of nitrogens with one attached hydrogen (secondary N) is 1. The van der Waals surface area contributed by atoms with E-state index in [1.807, 2.05) is 27.7 Å². The van der Waals surface area contributed by atoms with Crippen molar-refractivity contribution in [2.24, 2.45) is 0 Å². The van der Waals surface area contributed by atoms with Crippen LogP contribution in [0.4, 0.5) is 4.79 Å². The fourth-order valence-corrected chi connectivity index (χ4v) is 2.12. The number of carbonyl (C=O) groups is 1. The minimum absolute atomic E-state index is 0.112. The van der Waals surface area contributed by atoms with Crippen molar-refractivity contribution in [2.45, 2.75) is 52.2 Å². The maximum atomic E-state index is 12.1. The summed E-state index contributed by atoms with van der Waals surface area (Å²) in [5.74, 6) is 0.762. The van der Waals surface area contributed by atoms with Crippen LogP contribution in [-0.4, -0.2) is 28.3 Å². The van der Waals surface area contributed by atoms with E-state index in [0.29, 0.717) is 17.9 Å². The van der Waals surface area contributed by atoms with E-state index in [9.17, 15) is 9.59 Å². The zero-order chi connectivity index (χ0) is 14.2. The summed E-state index contributed by atoms with van der Waals surface area (Å²) >= 11 is 0. The molecule has 1 aliphatic rings. The van der Waals surface area contributed by atoms with E-state index in [1.54, 1.807) is 4.90 Å². The van der Waals surface area contributed by atoms with Gasteiger partial charge in [-0.25, -0.2) is 4.79 Å². The Bertz CT molecular complexity index is 523. The third kappa shape index (κ3) is 3.00. The molecule has 0 saturated carbocycles. The van der Waals surface area contributed by atoms with Crippen molar-refractivity contribution in [2.75, 3.05) is 6.54 Å². The molecule has 1 aromatic rings. The maximum absolute atomic E-state index is 12.1. The molecule has 1 aromatic heterocycles. The van der Waals surface area contributed by atoms with Crippen LogP contribution in [0.3, 0.4) is 0 Å². The second kappa shape index (κ2) is 4.75. The van der Waals surface area contributed by atoms with Crippen LogP contribution in [0.1, 0.15) is 51.4 Å². The normalized spacial score (nSPS) is 19.8. The Morgan fingerprint density at radius 1 is 1.47 bits per heavy atom. The predicted molar refractivity (Wildman–Crippen MR) is 69.0 cm³/mol. The highest BCUT2D eigenvalue weighted by atomic mass is 16.6. The van der Waals surface area contributed by atoms with E-state index in [0.717, 1.165) is 6.42 Å². The molecule has 0 saturated heterocycles. The SMILES string of the molecule is CC1CCN(C(=O)OC(C)(C)C)Cc2c1o[nH]c2=O. The van der Waals surface area contributed by atoms with Crippen molar-refractivity contribution in [1.29, 1.82) is 0 Å². The van der Waals surface area contributed by atoms with Crippen molar-refractivity contribution >= 4 is 6.09 Å². The first kappa shape index (κ1) is 13.7. The molecule has 19 heavy (non-hydrogen) atoms. The average molecular weight is 268 g/mol. The first-order valence-corrected chi connectivity index (χ1v) is 6.46. The summed E-state index contributed by atoms with van der Waals surface area (Å²) in [7, 11) is 0. The Morgan fingerprint density at radius 3 is 2.79 bits per heavy atom. The van der Waals surface area contributed by atoms with Crippen LogP contribution in [-0.2, 0) is 11.3 Å². The monoisotopic (exact) mass is 268 g/mol. The van der Waals surface area contributed by atoms with Gasteiger partial charge in [0.2, 0.25) is 0 Å². The van der Waals surface area contributed by atoms with Gasteiger partial charge in [0.15, 0.2) is 0 Å². The molecular weight excluding hydrogens is 248 g/mol. The summed E-state index contributed by atoms with van der Waals surface area (Å²) < 4.78 is 10.5. The minimum Gasteiger partial charge on any atom is -0.444 e. The molecule has 0 bridgehead atoms. The maximum Gasteiger partial charge on any atom is 0.410 e. The van der Waals surface area contributed by atoms with Gasteiger partial charge in [-0.3, -0.25) is 4.79 Å². The van der Waals surface area contributed by atoms with Crippen molar-refractivity contribution in [1.82, 2.24) is 10.1 Å². The zero-order valence-corrected chi connectivity index (χ0v) is 11.8. The number of fused-ring (bicyclic) bond motifs is 1. The van der Waals surface area contributed by atoms with E-state index in [2.05, 4.69) is 5.16 Å². The van der Waals surface area contributed by atoms with Crippen molar-refractivity contribution < 1.29 is 14.1 Å². The Balaban J connectivity index is 2.21. The predicted octanol–water partition coefficient (Wildman–Crippen LogP) is 2.21. The molecule has 0 fully saturated rings. The van der Waals surface area contributed by atoms with Crippen molar-refractivity contribution in [3.63, 3.8) is 0 Å². The smallest absolute Gasteiger partial charge is 0.410 e. The lowest BCUT2D eigenvalue weighted by Crippen LogP contribution is -2.37. The minimum atomic E-state index is -0.541. The van der Waals surface area contributed by atoms with Gasteiger partial charge in [-0.2, -0.15) is 5.16 Å². The van der Waals surface area contributed by atoms with E-state index in [-0.39, 0.29) is 18.0 Å². The molecule has 1 atom stereocenters. The van der Waals surface area contributed by atoms with E-state index in [1.165, 1.54) is 0 Å². The van der Waals surface area contributed by atoms with Crippen LogP contribution >= 0.6 is 0 Å². The van der Waals surface area contributed by atoms with Crippen LogP contribution in [0.5, 0.6) is 0 Å². The number of nitrogens with zero attached hydrogens (tertiary/aromatic N) is 1.